The molecule has 2 aliphatic heterocycles. The summed E-state index contributed by atoms with van der Waals surface area (Å²) in [7, 11) is 5.32. The maximum atomic E-state index is 13.4. The first kappa shape index (κ1) is 24.4. The molecule has 36 heavy (non-hydrogen) atoms. The van der Waals surface area contributed by atoms with Gasteiger partial charge in [0.2, 0.25) is 11.8 Å². The van der Waals surface area contributed by atoms with Gasteiger partial charge in [-0.3, -0.25) is 10.1 Å². The van der Waals surface area contributed by atoms with Crippen LogP contribution in [0, 0.1) is 0 Å². The van der Waals surface area contributed by atoms with Crippen LogP contribution in [0.25, 0.3) is 11.3 Å². The highest BCUT2D eigenvalue weighted by Gasteiger charge is 2.50. The fraction of sp³-hybridized carbons (Fsp3) is 0.440. The van der Waals surface area contributed by atoms with Crippen molar-refractivity contribution >= 4 is 22.4 Å². The number of fused-ring (bicyclic) bond motifs is 4. The van der Waals surface area contributed by atoms with Crippen molar-refractivity contribution in [3.63, 3.8) is 0 Å². The van der Waals surface area contributed by atoms with Crippen LogP contribution >= 0.6 is 11.3 Å². The molecule has 10 nitrogen and oxygen atoms in total. The molecule has 0 radical (unpaired) electrons. The molecule has 2 aromatic heterocycles. The Bertz CT molecular complexity index is 1290. The van der Waals surface area contributed by atoms with Crippen molar-refractivity contribution in [1.29, 1.82) is 0 Å². The monoisotopic (exact) mass is 511 g/mol. The van der Waals surface area contributed by atoms with Gasteiger partial charge in [0.15, 0.2) is 16.3 Å². The molecule has 1 amide bonds. The van der Waals surface area contributed by atoms with Crippen molar-refractivity contribution in [3.05, 3.63) is 40.5 Å². The Kier molecular flexibility index (Phi) is 6.54. The van der Waals surface area contributed by atoms with Crippen LogP contribution < -0.4 is 19.5 Å². The summed E-state index contributed by atoms with van der Waals surface area (Å²) in [6, 6.07) is 6.20. The van der Waals surface area contributed by atoms with E-state index in [1.807, 2.05) is 25.1 Å². The fourth-order valence-corrected chi connectivity index (χ4v) is 5.15. The average Bonchev–Trinajstić information content (AvgIpc) is 3.25. The van der Waals surface area contributed by atoms with Crippen LogP contribution in [0.1, 0.15) is 40.6 Å². The minimum atomic E-state index is -0.591. The molecule has 0 bridgehead atoms. The maximum absolute atomic E-state index is 13.4. The molecule has 2 aliphatic rings. The van der Waals surface area contributed by atoms with Crippen LogP contribution in [0.5, 0.6) is 17.5 Å². The number of ether oxygens (including phenoxy) is 4. The third-order valence-electron chi connectivity index (χ3n) is 6.14. The third kappa shape index (κ3) is 4.38. The van der Waals surface area contributed by atoms with E-state index < -0.39 is 11.5 Å². The zero-order chi connectivity index (χ0) is 25.4. The second-order valence-electron chi connectivity index (χ2n) is 9.37. The molecule has 0 atom stereocenters. The number of amides is 1. The summed E-state index contributed by atoms with van der Waals surface area (Å²) in [6.07, 6.45) is 1.31. The normalized spacial score (nSPS) is 15.2. The van der Waals surface area contributed by atoms with E-state index in [2.05, 4.69) is 41.3 Å². The zero-order valence-electron chi connectivity index (χ0n) is 21.0. The molecule has 190 valence electrons. The summed E-state index contributed by atoms with van der Waals surface area (Å²) in [4.78, 5) is 29.3. The average molecular weight is 512 g/mol. The van der Waals surface area contributed by atoms with Crippen LogP contribution in [0.2, 0.25) is 0 Å². The van der Waals surface area contributed by atoms with Gasteiger partial charge in [-0.1, -0.05) is 31.3 Å². The summed E-state index contributed by atoms with van der Waals surface area (Å²) in [5.41, 5.74) is 2.42. The Labute approximate surface area is 213 Å². The molecule has 5 rings (SSSR count). The molecule has 1 N–H and O–H groups in total. The van der Waals surface area contributed by atoms with Crippen LogP contribution in [-0.2, 0) is 10.3 Å². The molecular formula is C25H29N5O5S. The number of methoxy groups -OCH3 is 1. The van der Waals surface area contributed by atoms with E-state index in [1.165, 1.54) is 30.3 Å². The number of anilines is 1. The smallest absolute Gasteiger partial charge is 0.268 e. The highest BCUT2D eigenvalue weighted by atomic mass is 32.1. The Morgan fingerprint density at radius 1 is 1.25 bits per heavy atom. The minimum absolute atomic E-state index is 0.117. The number of hydrogen-bond donors (Lipinski definition) is 1. The van der Waals surface area contributed by atoms with Crippen molar-refractivity contribution in [2.45, 2.75) is 25.4 Å². The topological polar surface area (TPSA) is 108 Å². The van der Waals surface area contributed by atoms with Crippen LogP contribution in [0.4, 0.5) is 5.13 Å². The Balaban J connectivity index is 1.47. The highest BCUT2D eigenvalue weighted by molar-refractivity contribution is 7.16. The van der Waals surface area contributed by atoms with Crippen molar-refractivity contribution in [2.24, 2.45) is 0 Å². The van der Waals surface area contributed by atoms with E-state index in [1.54, 1.807) is 0 Å². The van der Waals surface area contributed by atoms with Crippen molar-refractivity contribution in [1.82, 2.24) is 19.9 Å². The first-order chi connectivity index (χ1) is 17.3. The van der Waals surface area contributed by atoms with Gasteiger partial charge in [0.05, 0.1) is 30.9 Å². The number of rotatable bonds is 8. The number of benzene rings is 1. The van der Waals surface area contributed by atoms with E-state index in [-0.39, 0.29) is 17.3 Å². The van der Waals surface area contributed by atoms with Gasteiger partial charge in [-0.2, -0.15) is 0 Å². The second kappa shape index (κ2) is 9.64. The number of nitrogens with one attached hydrogen (secondary N) is 1. The van der Waals surface area contributed by atoms with Gasteiger partial charge in [-0.15, -0.1) is 0 Å². The second-order valence-corrected chi connectivity index (χ2v) is 10.4. The number of carbonyl (C=O) groups is 1. The molecule has 1 aromatic carbocycles. The lowest BCUT2D eigenvalue weighted by Gasteiger charge is -2.43. The first-order valence-corrected chi connectivity index (χ1v) is 12.5. The highest BCUT2D eigenvalue weighted by Crippen LogP contribution is 2.51. The van der Waals surface area contributed by atoms with E-state index in [9.17, 15) is 4.79 Å². The Morgan fingerprint density at radius 2 is 2.03 bits per heavy atom. The van der Waals surface area contributed by atoms with E-state index in [0.29, 0.717) is 37.4 Å². The standard InChI is InChI=1S/C25H29N5O5S/c1-14(2)15-6-7-16-17(10-15)35-25(11-33-12-25)20-19(16)28-24(36-20)29-21(31)18-22(32-5)26-13-27-23(18)34-9-8-30(3)4/h6-7,10,13-14H,8-9,11-12H2,1-5H3,(H,28,29,31). The Hall–Kier alpha value is -3.28. The maximum Gasteiger partial charge on any atom is 0.268 e. The number of aromatic nitrogens is 3. The lowest BCUT2D eigenvalue weighted by atomic mass is 9.90. The lowest BCUT2D eigenvalue weighted by Crippen LogP contribution is -2.52. The zero-order valence-corrected chi connectivity index (χ0v) is 21.8. The third-order valence-corrected chi connectivity index (χ3v) is 7.30. The van der Waals surface area contributed by atoms with E-state index in [4.69, 9.17) is 23.9 Å². The number of likely N-dealkylation sites (N-methyl/N-ethyl adjacent to an activating group) is 1. The molecule has 0 unspecified atom stereocenters. The summed E-state index contributed by atoms with van der Waals surface area (Å²) >= 11 is 1.38. The molecule has 0 aliphatic carbocycles. The number of hydrogen-bond acceptors (Lipinski definition) is 10. The van der Waals surface area contributed by atoms with Gasteiger partial charge >= 0.3 is 0 Å². The summed E-state index contributed by atoms with van der Waals surface area (Å²) in [6.45, 7) is 6.18. The molecule has 1 saturated heterocycles. The van der Waals surface area contributed by atoms with Gasteiger partial charge in [0, 0.05) is 12.1 Å². The van der Waals surface area contributed by atoms with Gasteiger partial charge in [0.25, 0.3) is 5.91 Å². The van der Waals surface area contributed by atoms with Crippen molar-refractivity contribution in [3.8, 4) is 28.8 Å². The molecule has 1 spiro atoms. The number of nitrogens with zero attached hydrogens (tertiary/aromatic N) is 4. The van der Waals surface area contributed by atoms with E-state index >= 15 is 0 Å². The van der Waals surface area contributed by atoms with Crippen LogP contribution in [-0.4, -0.2) is 73.3 Å². The predicted octanol–water partition coefficient (Wildman–Crippen LogP) is 3.54. The van der Waals surface area contributed by atoms with Crippen LogP contribution in [0.3, 0.4) is 0 Å². The molecule has 4 heterocycles. The molecule has 1 fully saturated rings. The van der Waals surface area contributed by atoms with Gasteiger partial charge in [0.1, 0.15) is 18.7 Å². The fourth-order valence-electron chi connectivity index (χ4n) is 4.07. The summed E-state index contributed by atoms with van der Waals surface area (Å²) in [5, 5.41) is 3.33. The molecule has 3 aromatic rings. The lowest BCUT2D eigenvalue weighted by molar-refractivity contribution is -0.167. The quantitative estimate of drug-likeness (QED) is 0.486. The SMILES string of the molecule is COc1ncnc(OCCN(C)C)c1C(=O)Nc1nc2c(s1)C1(COC1)Oc1cc(C(C)C)ccc1-2. The van der Waals surface area contributed by atoms with Gasteiger partial charge in [-0.25, -0.2) is 15.0 Å². The molecular weight excluding hydrogens is 482 g/mol. The number of carbonyl (C=O) groups excluding carboxylic acids is 1. The van der Waals surface area contributed by atoms with E-state index in [0.717, 1.165) is 21.9 Å². The van der Waals surface area contributed by atoms with Gasteiger partial charge in [-0.05, 0) is 37.7 Å². The first-order valence-electron chi connectivity index (χ1n) is 11.7. The van der Waals surface area contributed by atoms with Crippen molar-refractivity contribution < 1.29 is 23.7 Å². The predicted molar refractivity (Wildman–Crippen MR) is 135 cm³/mol. The summed E-state index contributed by atoms with van der Waals surface area (Å²) < 4.78 is 23.1. The summed E-state index contributed by atoms with van der Waals surface area (Å²) in [5.74, 6) is 0.976. The Morgan fingerprint density at radius 3 is 2.69 bits per heavy atom. The number of thiazole rings is 1. The minimum Gasteiger partial charge on any atom is -0.480 e. The van der Waals surface area contributed by atoms with Crippen LogP contribution in [0.15, 0.2) is 24.5 Å². The molecule has 0 saturated carbocycles. The largest absolute Gasteiger partial charge is 0.480 e. The molecule has 11 heteroatoms. The van der Waals surface area contributed by atoms with Crippen molar-refractivity contribution in [2.75, 3.05) is 52.9 Å². The van der Waals surface area contributed by atoms with Gasteiger partial charge < -0.3 is 23.8 Å².